The normalized spacial score (nSPS) is 21.2. The minimum atomic E-state index is -4.75. The van der Waals surface area contributed by atoms with Crippen LogP contribution < -0.4 is 10.1 Å². The van der Waals surface area contributed by atoms with Crippen molar-refractivity contribution < 1.29 is 22.7 Å². The number of rotatable bonds is 2. The van der Waals surface area contributed by atoms with Gasteiger partial charge in [-0.2, -0.15) is 5.26 Å². The minimum absolute atomic E-state index is 0.181. The van der Waals surface area contributed by atoms with Gasteiger partial charge < -0.3 is 10.1 Å². The Morgan fingerprint density at radius 1 is 1.18 bits per heavy atom. The molecule has 144 valence electrons. The number of hydrogen-bond acceptors (Lipinski definition) is 4. The van der Waals surface area contributed by atoms with E-state index >= 15 is 0 Å². The SMILES string of the molecule is N#CN1CCC2(CNc3ccc(-c4cccc(OC(F)(F)F)c4)cc3C2)C1=O. The van der Waals surface area contributed by atoms with Gasteiger partial charge in [0.25, 0.3) is 0 Å². The quantitative estimate of drug-likeness (QED) is 0.794. The maximum atomic E-state index is 12.6. The summed E-state index contributed by atoms with van der Waals surface area (Å²) in [6, 6.07) is 11.3. The molecule has 5 nitrogen and oxygen atoms in total. The van der Waals surface area contributed by atoms with Crippen LogP contribution in [-0.2, 0) is 11.2 Å². The van der Waals surface area contributed by atoms with Gasteiger partial charge in [0.15, 0.2) is 6.19 Å². The first kappa shape index (κ1) is 18.2. The van der Waals surface area contributed by atoms with Crippen LogP contribution in [0.4, 0.5) is 18.9 Å². The number of carbonyl (C=O) groups is 1. The van der Waals surface area contributed by atoms with Crippen molar-refractivity contribution in [2.24, 2.45) is 5.41 Å². The number of alkyl halides is 3. The van der Waals surface area contributed by atoms with Gasteiger partial charge in [0.05, 0.1) is 5.41 Å². The summed E-state index contributed by atoms with van der Waals surface area (Å²) in [7, 11) is 0. The topological polar surface area (TPSA) is 65.4 Å². The second-order valence-electron chi connectivity index (χ2n) is 7.07. The average molecular weight is 387 g/mol. The van der Waals surface area contributed by atoms with Gasteiger partial charge in [0.1, 0.15) is 5.75 Å². The Balaban J connectivity index is 1.64. The molecule has 0 bridgehead atoms. The highest BCUT2D eigenvalue weighted by Crippen LogP contribution is 2.42. The Hall–Kier alpha value is -3.21. The van der Waals surface area contributed by atoms with Gasteiger partial charge in [0, 0.05) is 18.8 Å². The largest absolute Gasteiger partial charge is 0.573 e. The lowest BCUT2D eigenvalue weighted by Crippen LogP contribution is -2.42. The monoisotopic (exact) mass is 387 g/mol. The van der Waals surface area contributed by atoms with E-state index in [1.54, 1.807) is 6.07 Å². The highest BCUT2D eigenvalue weighted by atomic mass is 19.4. The van der Waals surface area contributed by atoms with Crippen molar-refractivity contribution in [2.75, 3.05) is 18.4 Å². The summed E-state index contributed by atoms with van der Waals surface area (Å²) in [6.07, 6.45) is -1.75. The van der Waals surface area contributed by atoms with Gasteiger partial charge in [-0.15, -0.1) is 13.2 Å². The van der Waals surface area contributed by atoms with Crippen LogP contribution in [0, 0.1) is 16.9 Å². The number of carbonyl (C=O) groups excluding carboxylic acids is 1. The molecule has 1 atom stereocenters. The van der Waals surface area contributed by atoms with Gasteiger partial charge in [-0.1, -0.05) is 18.2 Å². The number of nitrogens with zero attached hydrogens (tertiary/aromatic N) is 2. The summed E-state index contributed by atoms with van der Waals surface area (Å²) in [5.74, 6) is -0.466. The van der Waals surface area contributed by atoms with Crippen molar-refractivity contribution in [2.45, 2.75) is 19.2 Å². The molecule has 1 amide bonds. The standard InChI is InChI=1S/C20H16F3N3O2/c21-20(22,23)28-16-3-1-2-13(9-16)14-4-5-17-15(8-14)10-19(11-25-17)6-7-26(12-24)18(19)27/h1-5,8-9,25H,6-7,10-11H2. The van der Waals surface area contributed by atoms with E-state index in [1.165, 1.54) is 23.1 Å². The van der Waals surface area contributed by atoms with Gasteiger partial charge in [-0.3, -0.25) is 4.79 Å². The summed E-state index contributed by atoms with van der Waals surface area (Å²) in [5.41, 5.74) is 2.45. The lowest BCUT2D eigenvalue weighted by atomic mass is 9.76. The lowest BCUT2D eigenvalue weighted by molar-refractivity contribution is -0.274. The van der Waals surface area contributed by atoms with E-state index < -0.39 is 11.8 Å². The Morgan fingerprint density at radius 2 is 1.96 bits per heavy atom. The van der Waals surface area contributed by atoms with Crippen molar-refractivity contribution >= 4 is 11.6 Å². The van der Waals surface area contributed by atoms with Crippen LogP contribution in [0.15, 0.2) is 42.5 Å². The van der Waals surface area contributed by atoms with Gasteiger partial charge in [-0.25, -0.2) is 4.90 Å². The molecule has 2 aliphatic heterocycles. The first-order valence-electron chi connectivity index (χ1n) is 8.74. The molecule has 0 saturated carbocycles. The molecular weight excluding hydrogens is 371 g/mol. The molecule has 2 heterocycles. The highest BCUT2D eigenvalue weighted by Gasteiger charge is 2.48. The van der Waals surface area contributed by atoms with E-state index in [-0.39, 0.29) is 11.7 Å². The fourth-order valence-electron chi connectivity index (χ4n) is 3.90. The van der Waals surface area contributed by atoms with Crippen LogP contribution in [0.1, 0.15) is 12.0 Å². The van der Waals surface area contributed by atoms with Crippen LogP contribution in [-0.4, -0.2) is 30.3 Å². The third-order valence-electron chi connectivity index (χ3n) is 5.29. The van der Waals surface area contributed by atoms with Gasteiger partial charge in [-0.05, 0) is 53.8 Å². The number of hydrogen-bond donors (Lipinski definition) is 1. The van der Waals surface area contributed by atoms with Crippen LogP contribution in [0.2, 0.25) is 0 Å². The molecule has 1 N–H and O–H groups in total. The molecule has 2 aliphatic rings. The number of halogens is 3. The van der Waals surface area contributed by atoms with Crippen molar-refractivity contribution in [3.63, 3.8) is 0 Å². The van der Waals surface area contributed by atoms with Crippen LogP contribution in [0.3, 0.4) is 0 Å². The smallest absolute Gasteiger partial charge is 0.406 e. The van der Waals surface area contributed by atoms with Crippen LogP contribution in [0.25, 0.3) is 11.1 Å². The molecule has 0 aliphatic carbocycles. The van der Waals surface area contributed by atoms with Gasteiger partial charge >= 0.3 is 6.36 Å². The van der Waals surface area contributed by atoms with Crippen LogP contribution >= 0.6 is 0 Å². The maximum absolute atomic E-state index is 12.6. The first-order chi connectivity index (χ1) is 13.3. The second-order valence-corrected chi connectivity index (χ2v) is 7.07. The molecule has 1 fully saturated rings. The third kappa shape index (κ3) is 3.24. The minimum Gasteiger partial charge on any atom is -0.406 e. The molecule has 0 radical (unpaired) electrons. The van der Waals surface area contributed by atoms with E-state index in [1.807, 2.05) is 24.4 Å². The molecule has 4 rings (SSSR count). The third-order valence-corrected chi connectivity index (χ3v) is 5.29. The molecule has 2 aromatic carbocycles. The maximum Gasteiger partial charge on any atom is 0.573 e. The van der Waals surface area contributed by atoms with Gasteiger partial charge in [0.2, 0.25) is 5.91 Å². The Kier molecular flexibility index (Phi) is 4.18. The van der Waals surface area contributed by atoms with E-state index in [0.717, 1.165) is 16.8 Å². The molecule has 0 aromatic heterocycles. The molecule has 28 heavy (non-hydrogen) atoms. The van der Waals surface area contributed by atoms with Crippen molar-refractivity contribution in [1.29, 1.82) is 5.26 Å². The zero-order chi connectivity index (χ0) is 19.9. The number of ether oxygens (including phenoxy) is 1. The molecule has 1 saturated heterocycles. The molecular formula is C20H16F3N3O2. The molecule has 2 aromatic rings. The highest BCUT2D eigenvalue weighted by molar-refractivity contribution is 5.88. The molecule has 8 heteroatoms. The fourth-order valence-corrected chi connectivity index (χ4v) is 3.90. The van der Waals surface area contributed by atoms with E-state index in [2.05, 4.69) is 10.1 Å². The summed E-state index contributed by atoms with van der Waals surface area (Å²) in [4.78, 5) is 13.8. The predicted molar refractivity (Wildman–Crippen MR) is 95.1 cm³/mol. The Labute approximate surface area is 159 Å². The number of benzene rings is 2. The predicted octanol–water partition coefficient (Wildman–Crippen LogP) is 3.92. The summed E-state index contributed by atoms with van der Waals surface area (Å²) in [5, 5.41) is 12.3. The number of nitrogens with one attached hydrogen (secondary N) is 1. The van der Waals surface area contributed by atoms with E-state index in [0.29, 0.717) is 31.5 Å². The molecule has 1 spiro atoms. The van der Waals surface area contributed by atoms with Crippen molar-refractivity contribution in [3.8, 4) is 23.1 Å². The van der Waals surface area contributed by atoms with E-state index in [4.69, 9.17) is 5.26 Å². The zero-order valence-electron chi connectivity index (χ0n) is 14.7. The summed E-state index contributed by atoms with van der Waals surface area (Å²) >= 11 is 0. The molecule has 1 unspecified atom stereocenters. The first-order valence-corrected chi connectivity index (χ1v) is 8.74. The number of anilines is 1. The Bertz CT molecular complexity index is 983. The fraction of sp³-hybridized carbons (Fsp3) is 0.300. The number of fused-ring (bicyclic) bond motifs is 1. The van der Waals surface area contributed by atoms with E-state index in [9.17, 15) is 18.0 Å². The Morgan fingerprint density at radius 3 is 2.68 bits per heavy atom. The van der Waals surface area contributed by atoms with Crippen molar-refractivity contribution in [3.05, 3.63) is 48.0 Å². The summed E-state index contributed by atoms with van der Waals surface area (Å²) < 4.78 is 41.4. The average Bonchev–Trinajstić information content (AvgIpc) is 2.95. The second kappa shape index (κ2) is 6.44. The number of likely N-dealkylation sites (tertiary alicyclic amines) is 1. The zero-order valence-corrected chi connectivity index (χ0v) is 14.7. The number of nitriles is 1. The van der Waals surface area contributed by atoms with Crippen LogP contribution in [0.5, 0.6) is 5.75 Å². The van der Waals surface area contributed by atoms with Crippen molar-refractivity contribution in [1.82, 2.24) is 4.90 Å². The number of amides is 1. The lowest BCUT2D eigenvalue weighted by Gasteiger charge is -2.33. The summed E-state index contributed by atoms with van der Waals surface area (Å²) in [6.45, 7) is 0.869.